The number of carbonyl (C=O) groups is 2. The third-order valence-electron chi connectivity index (χ3n) is 4.29. The molecule has 1 aromatic heterocycles. The zero-order valence-corrected chi connectivity index (χ0v) is 14.9. The molecule has 3 N–H and O–H groups in total. The van der Waals surface area contributed by atoms with Crippen LogP contribution in [0.1, 0.15) is 24.8 Å². The van der Waals surface area contributed by atoms with Crippen LogP contribution in [-0.2, 0) is 21.5 Å². The second-order valence-corrected chi connectivity index (χ2v) is 6.27. The van der Waals surface area contributed by atoms with Crippen molar-refractivity contribution in [3.63, 3.8) is 0 Å². The highest BCUT2D eigenvalue weighted by atomic mass is 16.4. The van der Waals surface area contributed by atoms with Gasteiger partial charge in [-0.1, -0.05) is 48.5 Å². The fraction of sp³-hybridized carbons (Fsp3) is 0.200. The molecule has 2 amide bonds. The molecule has 0 radical (unpaired) electrons. The minimum absolute atomic E-state index is 0.0894. The Morgan fingerprint density at radius 2 is 1.67 bits per heavy atom. The first-order valence-corrected chi connectivity index (χ1v) is 8.53. The third kappa shape index (κ3) is 4.20. The molecular formula is C20H20N4O3. The van der Waals surface area contributed by atoms with Crippen LogP contribution in [0.2, 0.25) is 0 Å². The lowest BCUT2D eigenvalue weighted by molar-refractivity contribution is -0.131. The van der Waals surface area contributed by atoms with Crippen LogP contribution in [0.3, 0.4) is 0 Å². The Kier molecular flexibility index (Phi) is 5.30. The molecule has 7 nitrogen and oxygen atoms in total. The van der Waals surface area contributed by atoms with Gasteiger partial charge in [-0.3, -0.25) is 9.59 Å². The maximum Gasteiger partial charge on any atom is 0.247 e. The summed E-state index contributed by atoms with van der Waals surface area (Å²) in [4.78, 5) is 24.3. The Bertz CT molecular complexity index is 925. The van der Waals surface area contributed by atoms with E-state index >= 15 is 0 Å². The van der Waals surface area contributed by atoms with Crippen LogP contribution in [0.4, 0.5) is 0 Å². The van der Waals surface area contributed by atoms with Crippen molar-refractivity contribution in [2.24, 2.45) is 5.73 Å². The number of primary amides is 1. The standard InChI is InChI=1S/C20H20N4O3/c1-20(19(21)26,15-10-6-3-7-11-15)22-16(25)12-13-17-23-24-18(27-17)14-8-4-2-5-9-14/h2-11H,12-13H2,1H3,(H2,21,26)(H,22,25)/t20-/m1/s1. The second-order valence-electron chi connectivity index (χ2n) is 6.27. The normalized spacial score (nSPS) is 12.9. The average molecular weight is 364 g/mol. The van der Waals surface area contributed by atoms with E-state index in [1.165, 1.54) is 0 Å². The number of hydrogen-bond donors (Lipinski definition) is 2. The highest BCUT2D eigenvalue weighted by Gasteiger charge is 2.34. The monoisotopic (exact) mass is 364 g/mol. The number of nitrogens with one attached hydrogen (secondary N) is 1. The second kappa shape index (κ2) is 7.82. The molecule has 1 heterocycles. The molecule has 3 rings (SSSR count). The summed E-state index contributed by atoms with van der Waals surface area (Å²) in [7, 11) is 0. The largest absolute Gasteiger partial charge is 0.421 e. The van der Waals surface area contributed by atoms with Gasteiger partial charge in [0.2, 0.25) is 23.6 Å². The molecule has 0 fully saturated rings. The Morgan fingerprint density at radius 3 is 2.30 bits per heavy atom. The lowest BCUT2D eigenvalue weighted by Gasteiger charge is -2.28. The minimum Gasteiger partial charge on any atom is -0.421 e. The van der Waals surface area contributed by atoms with Gasteiger partial charge >= 0.3 is 0 Å². The summed E-state index contributed by atoms with van der Waals surface area (Å²) in [6, 6.07) is 18.3. The van der Waals surface area contributed by atoms with E-state index in [9.17, 15) is 9.59 Å². The first-order chi connectivity index (χ1) is 13.0. The molecule has 138 valence electrons. The number of hydrogen-bond acceptors (Lipinski definition) is 5. The van der Waals surface area contributed by atoms with Crippen molar-refractivity contribution in [2.75, 3.05) is 0 Å². The van der Waals surface area contributed by atoms with Crippen molar-refractivity contribution in [3.05, 3.63) is 72.1 Å². The Labute approximate surface area is 156 Å². The molecule has 0 saturated carbocycles. The van der Waals surface area contributed by atoms with Crippen LogP contribution in [0.5, 0.6) is 0 Å². The van der Waals surface area contributed by atoms with Gasteiger partial charge in [0.05, 0.1) is 0 Å². The topological polar surface area (TPSA) is 111 Å². The number of benzene rings is 2. The molecule has 1 atom stereocenters. The summed E-state index contributed by atoms with van der Waals surface area (Å²) in [5.41, 5.74) is 5.67. The van der Waals surface area contributed by atoms with Gasteiger partial charge in [-0.05, 0) is 24.6 Å². The first kappa shape index (κ1) is 18.3. The summed E-state index contributed by atoms with van der Waals surface area (Å²) < 4.78 is 5.59. The summed E-state index contributed by atoms with van der Waals surface area (Å²) in [6.07, 6.45) is 0.349. The van der Waals surface area contributed by atoms with Crippen LogP contribution >= 0.6 is 0 Å². The van der Waals surface area contributed by atoms with Gasteiger partial charge in [0.15, 0.2) is 0 Å². The Hall–Kier alpha value is -3.48. The average Bonchev–Trinajstić information content (AvgIpc) is 3.17. The van der Waals surface area contributed by atoms with Crippen LogP contribution < -0.4 is 11.1 Å². The predicted octanol–water partition coefficient (Wildman–Crippen LogP) is 2.19. The van der Waals surface area contributed by atoms with Crippen molar-refractivity contribution in [3.8, 4) is 11.5 Å². The maximum atomic E-state index is 12.4. The fourth-order valence-electron chi connectivity index (χ4n) is 2.66. The highest BCUT2D eigenvalue weighted by molar-refractivity contribution is 5.91. The smallest absolute Gasteiger partial charge is 0.247 e. The van der Waals surface area contributed by atoms with Gasteiger partial charge in [0.25, 0.3) is 0 Å². The molecule has 3 aromatic rings. The molecule has 0 bridgehead atoms. The molecule has 0 saturated heterocycles. The van der Waals surface area contributed by atoms with Crippen LogP contribution in [0.25, 0.3) is 11.5 Å². The number of aromatic nitrogens is 2. The van der Waals surface area contributed by atoms with E-state index < -0.39 is 11.4 Å². The number of rotatable bonds is 7. The number of nitrogens with zero attached hydrogens (tertiary/aromatic N) is 2. The lowest BCUT2D eigenvalue weighted by Crippen LogP contribution is -2.52. The fourth-order valence-corrected chi connectivity index (χ4v) is 2.66. The minimum atomic E-state index is -1.29. The zero-order chi connectivity index (χ0) is 19.3. The van der Waals surface area contributed by atoms with Crippen LogP contribution in [0, 0.1) is 0 Å². The third-order valence-corrected chi connectivity index (χ3v) is 4.29. The van der Waals surface area contributed by atoms with Crippen molar-refractivity contribution in [1.82, 2.24) is 15.5 Å². The lowest BCUT2D eigenvalue weighted by atomic mass is 9.91. The Balaban J connectivity index is 1.64. The van der Waals surface area contributed by atoms with Crippen molar-refractivity contribution < 1.29 is 14.0 Å². The van der Waals surface area contributed by atoms with E-state index in [0.717, 1.165) is 5.56 Å². The highest BCUT2D eigenvalue weighted by Crippen LogP contribution is 2.21. The summed E-state index contributed by atoms with van der Waals surface area (Å²) in [6.45, 7) is 1.59. The Morgan fingerprint density at radius 1 is 1.04 bits per heavy atom. The summed E-state index contributed by atoms with van der Waals surface area (Å²) in [5.74, 6) is -0.215. The van der Waals surface area contributed by atoms with E-state index in [1.54, 1.807) is 31.2 Å². The SMILES string of the molecule is C[C@](NC(=O)CCc1nnc(-c2ccccc2)o1)(C(N)=O)c1ccccc1. The van der Waals surface area contributed by atoms with E-state index in [1.807, 2.05) is 36.4 Å². The van der Waals surface area contributed by atoms with Gasteiger partial charge in [-0.2, -0.15) is 0 Å². The molecule has 0 unspecified atom stereocenters. The van der Waals surface area contributed by atoms with E-state index in [2.05, 4.69) is 15.5 Å². The zero-order valence-electron chi connectivity index (χ0n) is 14.9. The quantitative estimate of drug-likeness (QED) is 0.667. The number of aryl methyl sites for hydroxylation is 1. The molecule has 0 aliphatic carbocycles. The van der Waals surface area contributed by atoms with Gasteiger partial charge in [-0.15, -0.1) is 10.2 Å². The first-order valence-electron chi connectivity index (χ1n) is 8.53. The summed E-state index contributed by atoms with van der Waals surface area (Å²) in [5, 5.41) is 10.7. The van der Waals surface area contributed by atoms with E-state index in [-0.39, 0.29) is 18.7 Å². The van der Waals surface area contributed by atoms with Gasteiger partial charge in [0.1, 0.15) is 5.54 Å². The predicted molar refractivity (Wildman–Crippen MR) is 99.2 cm³/mol. The van der Waals surface area contributed by atoms with Gasteiger partial charge in [-0.25, -0.2) is 0 Å². The molecular weight excluding hydrogens is 344 g/mol. The van der Waals surface area contributed by atoms with E-state index in [0.29, 0.717) is 17.3 Å². The molecule has 7 heteroatoms. The van der Waals surface area contributed by atoms with Crippen LogP contribution in [-0.4, -0.2) is 22.0 Å². The van der Waals surface area contributed by atoms with Gasteiger partial charge in [0, 0.05) is 18.4 Å². The van der Waals surface area contributed by atoms with Crippen molar-refractivity contribution in [1.29, 1.82) is 0 Å². The number of amides is 2. The maximum absolute atomic E-state index is 12.4. The molecule has 27 heavy (non-hydrogen) atoms. The van der Waals surface area contributed by atoms with Crippen LogP contribution in [0.15, 0.2) is 65.1 Å². The number of nitrogens with two attached hydrogens (primary N) is 1. The summed E-state index contributed by atoms with van der Waals surface area (Å²) >= 11 is 0. The molecule has 0 aliphatic rings. The molecule has 0 spiro atoms. The van der Waals surface area contributed by atoms with Crippen molar-refractivity contribution >= 4 is 11.8 Å². The van der Waals surface area contributed by atoms with E-state index in [4.69, 9.17) is 10.2 Å². The van der Waals surface area contributed by atoms with Crippen molar-refractivity contribution in [2.45, 2.75) is 25.3 Å². The van der Waals surface area contributed by atoms with Gasteiger partial charge < -0.3 is 15.5 Å². The molecule has 2 aromatic carbocycles. The molecule has 0 aliphatic heterocycles. The number of carbonyl (C=O) groups excluding carboxylic acids is 2.